The summed E-state index contributed by atoms with van der Waals surface area (Å²) in [6, 6.07) is 13.2. The molecular formula is C20H25NO3. The van der Waals surface area contributed by atoms with E-state index >= 15 is 0 Å². The number of para-hydroxylation sites is 1. The highest BCUT2D eigenvalue weighted by molar-refractivity contribution is 6.06. The molecule has 2 aromatic carbocycles. The normalized spacial score (nSPS) is 10.3. The van der Waals surface area contributed by atoms with E-state index in [1.807, 2.05) is 52.0 Å². The molecule has 0 heterocycles. The topological polar surface area (TPSA) is 38.8 Å². The van der Waals surface area contributed by atoms with Crippen LogP contribution in [0.15, 0.2) is 42.5 Å². The van der Waals surface area contributed by atoms with E-state index < -0.39 is 0 Å². The van der Waals surface area contributed by atoms with E-state index in [9.17, 15) is 4.79 Å². The molecule has 0 aliphatic carbocycles. The summed E-state index contributed by atoms with van der Waals surface area (Å²) in [4.78, 5) is 14.8. The number of carbonyl (C=O) groups is 1. The molecule has 0 N–H and O–H groups in total. The molecule has 0 aliphatic rings. The zero-order chi connectivity index (χ0) is 17.5. The van der Waals surface area contributed by atoms with Gasteiger partial charge in [-0.05, 0) is 57.5 Å². The van der Waals surface area contributed by atoms with Gasteiger partial charge in [0, 0.05) is 17.8 Å². The lowest BCUT2D eigenvalue weighted by atomic mass is 10.1. The largest absolute Gasteiger partial charge is 0.490 e. The van der Waals surface area contributed by atoms with Crippen LogP contribution in [-0.4, -0.2) is 25.7 Å². The van der Waals surface area contributed by atoms with Crippen molar-refractivity contribution in [3.8, 4) is 11.5 Å². The fraction of sp³-hybridized carbons (Fsp3) is 0.350. The lowest BCUT2D eigenvalue weighted by Gasteiger charge is -2.23. The summed E-state index contributed by atoms with van der Waals surface area (Å²) in [6.07, 6.45) is 0. The van der Waals surface area contributed by atoms with Crippen LogP contribution in [0.25, 0.3) is 0 Å². The number of anilines is 1. The number of hydrogen-bond acceptors (Lipinski definition) is 3. The summed E-state index contributed by atoms with van der Waals surface area (Å²) in [5.74, 6) is 1.22. The van der Waals surface area contributed by atoms with Crippen LogP contribution in [0.2, 0.25) is 0 Å². The smallest absolute Gasteiger partial charge is 0.258 e. The van der Waals surface area contributed by atoms with Crippen molar-refractivity contribution in [1.29, 1.82) is 0 Å². The van der Waals surface area contributed by atoms with Crippen LogP contribution in [0.1, 0.15) is 36.7 Å². The van der Waals surface area contributed by atoms with Crippen LogP contribution in [0.5, 0.6) is 11.5 Å². The molecule has 0 spiro atoms. The van der Waals surface area contributed by atoms with Crippen LogP contribution < -0.4 is 14.4 Å². The summed E-state index contributed by atoms with van der Waals surface area (Å²) in [7, 11) is 0. The Morgan fingerprint density at radius 1 is 0.958 bits per heavy atom. The Morgan fingerprint density at radius 3 is 2.25 bits per heavy atom. The lowest BCUT2D eigenvalue weighted by Crippen LogP contribution is -2.31. The molecular weight excluding hydrogens is 302 g/mol. The Balaban J connectivity index is 2.37. The summed E-state index contributed by atoms with van der Waals surface area (Å²) in [5.41, 5.74) is 2.59. The number of aryl methyl sites for hydroxylation is 1. The molecule has 0 unspecified atom stereocenters. The van der Waals surface area contributed by atoms with Crippen molar-refractivity contribution in [2.24, 2.45) is 0 Å². The van der Waals surface area contributed by atoms with E-state index in [1.54, 1.807) is 23.1 Å². The van der Waals surface area contributed by atoms with Crippen molar-refractivity contribution in [2.45, 2.75) is 27.7 Å². The van der Waals surface area contributed by atoms with Crippen molar-refractivity contribution < 1.29 is 14.3 Å². The first kappa shape index (κ1) is 17.9. The standard InChI is InChI=1S/C20H25NO3/c1-5-21(17-11-9-8-10-15(17)4)20(22)16-12-13-18(23-6-2)19(14-16)24-7-3/h8-14H,5-7H2,1-4H3. The molecule has 0 bridgehead atoms. The van der Waals surface area contributed by atoms with Crippen molar-refractivity contribution in [2.75, 3.05) is 24.7 Å². The Kier molecular flexibility index (Phi) is 6.24. The van der Waals surface area contributed by atoms with Gasteiger partial charge in [-0.15, -0.1) is 0 Å². The average molecular weight is 327 g/mol. The maximum Gasteiger partial charge on any atom is 0.258 e. The van der Waals surface area contributed by atoms with Crippen molar-refractivity contribution in [3.05, 3.63) is 53.6 Å². The molecule has 1 amide bonds. The van der Waals surface area contributed by atoms with Crippen molar-refractivity contribution in [1.82, 2.24) is 0 Å². The number of rotatable bonds is 7. The third-order valence-corrected chi connectivity index (χ3v) is 3.76. The number of nitrogens with zero attached hydrogens (tertiary/aromatic N) is 1. The van der Waals surface area contributed by atoms with Crippen LogP contribution in [0, 0.1) is 6.92 Å². The first-order valence-corrected chi connectivity index (χ1v) is 8.39. The van der Waals surface area contributed by atoms with Crippen LogP contribution >= 0.6 is 0 Å². The number of amides is 1. The third kappa shape index (κ3) is 3.88. The molecule has 0 saturated heterocycles. The Bertz CT molecular complexity index is 697. The molecule has 4 nitrogen and oxygen atoms in total. The maximum absolute atomic E-state index is 13.0. The number of hydrogen-bond donors (Lipinski definition) is 0. The van der Waals surface area contributed by atoms with Gasteiger partial charge in [0.05, 0.1) is 13.2 Å². The predicted molar refractivity (Wildman–Crippen MR) is 97.3 cm³/mol. The molecule has 0 saturated carbocycles. The fourth-order valence-electron chi connectivity index (χ4n) is 2.63. The molecule has 0 fully saturated rings. The highest BCUT2D eigenvalue weighted by Gasteiger charge is 2.19. The molecule has 0 aromatic heterocycles. The van der Waals surface area contributed by atoms with E-state index in [0.717, 1.165) is 11.3 Å². The van der Waals surface area contributed by atoms with E-state index in [0.29, 0.717) is 36.8 Å². The zero-order valence-corrected chi connectivity index (χ0v) is 14.8. The van der Waals surface area contributed by atoms with E-state index in [-0.39, 0.29) is 5.91 Å². The van der Waals surface area contributed by atoms with Gasteiger partial charge in [0.25, 0.3) is 5.91 Å². The van der Waals surface area contributed by atoms with E-state index in [2.05, 4.69) is 0 Å². The maximum atomic E-state index is 13.0. The van der Waals surface area contributed by atoms with Crippen molar-refractivity contribution in [3.63, 3.8) is 0 Å². The molecule has 24 heavy (non-hydrogen) atoms. The Labute approximate surface area is 144 Å². The van der Waals surface area contributed by atoms with Gasteiger partial charge in [0.1, 0.15) is 0 Å². The van der Waals surface area contributed by atoms with Crippen molar-refractivity contribution >= 4 is 11.6 Å². The predicted octanol–water partition coefficient (Wildman–Crippen LogP) is 4.46. The monoisotopic (exact) mass is 327 g/mol. The first-order chi connectivity index (χ1) is 11.6. The number of ether oxygens (including phenoxy) is 2. The third-order valence-electron chi connectivity index (χ3n) is 3.76. The van der Waals surface area contributed by atoms with E-state index in [4.69, 9.17) is 9.47 Å². The van der Waals surface area contributed by atoms with Gasteiger partial charge in [0.2, 0.25) is 0 Å². The summed E-state index contributed by atoms with van der Waals surface area (Å²) in [5, 5.41) is 0. The molecule has 2 rings (SSSR count). The van der Waals surface area contributed by atoms with Gasteiger partial charge in [-0.25, -0.2) is 0 Å². The summed E-state index contributed by atoms with van der Waals surface area (Å²) in [6.45, 7) is 9.49. The van der Waals surface area contributed by atoms with Crippen LogP contribution in [0.4, 0.5) is 5.69 Å². The minimum absolute atomic E-state index is 0.0456. The second-order valence-electron chi connectivity index (χ2n) is 5.36. The summed E-state index contributed by atoms with van der Waals surface area (Å²) < 4.78 is 11.2. The zero-order valence-electron chi connectivity index (χ0n) is 14.8. The lowest BCUT2D eigenvalue weighted by molar-refractivity contribution is 0.0987. The highest BCUT2D eigenvalue weighted by Crippen LogP contribution is 2.30. The van der Waals surface area contributed by atoms with Crippen LogP contribution in [0.3, 0.4) is 0 Å². The molecule has 2 aromatic rings. The van der Waals surface area contributed by atoms with Gasteiger partial charge in [-0.2, -0.15) is 0 Å². The SMILES string of the molecule is CCOc1ccc(C(=O)N(CC)c2ccccc2C)cc1OCC. The molecule has 0 radical (unpaired) electrons. The first-order valence-electron chi connectivity index (χ1n) is 8.39. The Morgan fingerprint density at radius 2 is 1.62 bits per heavy atom. The average Bonchev–Trinajstić information content (AvgIpc) is 2.59. The van der Waals surface area contributed by atoms with Gasteiger partial charge in [-0.3, -0.25) is 4.79 Å². The molecule has 0 atom stereocenters. The van der Waals surface area contributed by atoms with Gasteiger partial charge in [-0.1, -0.05) is 18.2 Å². The van der Waals surface area contributed by atoms with Gasteiger partial charge in [0.15, 0.2) is 11.5 Å². The van der Waals surface area contributed by atoms with Crippen LogP contribution in [-0.2, 0) is 0 Å². The fourth-order valence-corrected chi connectivity index (χ4v) is 2.63. The minimum Gasteiger partial charge on any atom is -0.490 e. The minimum atomic E-state index is -0.0456. The Hall–Kier alpha value is -2.49. The second-order valence-corrected chi connectivity index (χ2v) is 5.36. The summed E-state index contributed by atoms with van der Waals surface area (Å²) >= 11 is 0. The second kappa shape index (κ2) is 8.39. The number of carbonyl (C=O) groups excluding carboxylic acids is 1. The highest BCUT2D eigenvalue weighted by atomic mass is 16.5. The van der Waals surface area contributed by atoms with Gasteiger partial charge >= 0.3 is 0 Å². The molecule has 128 valence electrons. The van der Waals surface area contributed by atoms with E-state index in [1.165, 1.54) is 0 Å². The molecule has 4 heteroatoms. The molecule has 0 aliphatic heterocycles. The number of benzene rings is 2. The van der Waals surface area contributed by atoms with Gasteiger partial charge < -0.3 is 14.4 Å². The quantitative estimate of drug-likeness (QED) is 0.753.